The molecule has 0 unspecified atom stereocenters. The standard InChI is InChI=1S/C27H28N4O2S/c1-18-13-19(2)25(20(3)14-18)28-24(32)17-30(4)27(33)22-16-31(15-21-9-6-5-7-10-21)29-26(22)23-11-8-12-34-23/h5-14,16H,15,17H2,1-4H3,(H,28,32). The van der Waals surface area contributed by atoms with Crippen LogP contribution in [0.4, 0.5) is 5.69 Å². The molecule has 0 saturated carbocycles. The molecule has 34 heavy (non-hydrogen) atoms. The number of anilines is 1. The number of nitrogens with zero attached hydrogens (tertiary/aromatic N) is 3. The first-order valence-electron chi connectivity index (χ1n) is 11.1. The number of rotatable bonds is 7. The molecule has 6 nitrogen and oxygen atoms in total. The van der Waals surface area contributed by atoms with Gasteiger partial charge in [0.2, 0.25) is 5.91 Å². The van der Waals surface area contributed by atoms with Gasteiger partial charge in [-0.2, -0.15) is 5.10 Å². The summed E-state index contributed by atoms with van der Waals surface area (Å²) in [6.45, 7) is 6.47. The van der Waals surface area contributed by atoms with Crippen LogP contribution in [0.3, 0.4) is 0 Å². The molecule has 4 aromatic rings. The Morgan fingerprint density at radius 3 is 2.38 bits per heavy atom. The summed E-state index contributed by atoms with van der Waals surface area (Å²) in [7, 11) is 1.64. The Balaban J connectivity index is 1.53. The average Bonchev–Trinajstić information content (AvgIpc) is 3.46. The lowest BCUT2D eigenvalue weighted by Crippen LogP contribution is -2.35. The Morgan fingerprint density at radius 2 is 1.74 bits per heavy atom. The number of hydrogen-bond acceptors (Lipinski definition) is 4. The molecule has 2 heterocycles. The highest BCUT2D eigenvalue weighted by molar-refractivity contribution is 7.13. The third-order valence-electron chi connectivity index (χ3n) is 5.60. The van der Waals surface area contributed by atoms with Gasteiger partial charge in [0.25, 0.3) is 5.91 Å². The average molecular weight is 473 g/mol. The summed E-state index contributed by atoms with van der Waals surface area (Å²) in [5, 5.41) is 9.64. The Hall–Kier alpha value is -3.71. The molecule has 0 spiro atoms. The maximum atomic E-state index is 13.4. The van der Waals surface area contributed by atoms with E-state index < -0.39 is 0 Å². The first-order chi connectivity index (χ1) is 16.3. The highest BCUT2D eigenvalue weighted by atomic mass is 32.1. The zero-order valence-corrected chi connectivity index (χ0v) is 20.6. The van der Waals surface area contributed by atoms with Gasteiger partial charge >= 0.3 is 0 Å². The van der Waals surface area contributed by atoms with Gasteiger partial charge in [-0.15, -0.1) is 11.3 Å². The second kappa shape index (κ2) is 10.1. The number of aryl methyl sites for hydroxylation is 3. The molecule has 1 N–H and O–H groups in total. The van der Waals surface area contributed by atoms with Crippen molar-refractivity contribution in [3.63, 3.8) is 0 Å². The molecule has 0 aliphatic carbocycles. The van der Waals surface area contributed by atoms with Gasteiger partial charge in [-0.05, 0) is 48.9 Å². The monoisotopic (exact) mass is 472 g/mol. The Kier molecular flexibility index (Phi) is 6.93. The van der Waals surface area contributed by atoms with Gasteiger partial charge in [0, 0.05) is 18.9 Å². The molecule has 2 aromatic carbocycles. The highest BCUT2D eigenvalue weighted by Crippen LogP contribution is 2.28. The number of benzene rings is 2. The van der Waals surface area contributed by atoms with Crippen LogP contribution in [-0.4, -0.2) is 40.1 Å². The molecule has 0 fully saturated rings. The summed E-state index contributed by atoms with van der Waals surface area (Å²) < 4.78 is 1.78. The van der Waals surface area contributed by atoms with Gasteiger partial charge in [0.05, 0.1) is 23.5 Å². The van der Waals surface area contributed by atoms with E-state index in [1.807, 2.05) is 80.7 Å². The molecule has 2 amide bonds. The molecule has 0 saturated heterocycles. The fraction of sp³-hybridized carbons (Fsp3) is 0.222. The molecule has 0 atom stereocenters. The van der Waals surface area contributed by atoms with E-state index in [1.165, 1.54) is 16.2 Å². The van der Waals surface area contributed by atoms with Gasteiger partial charge in [-0.25, -0.2) is 0 Å². The number of thiophene rings is 1. The van der Waals surface area contributed by atoms with Crippen molar-refractivity contribution in [3.8, 4) is 10.6 Å². The van der Waals surface area contributed by atoms with Crippen molar-refractivity contribution >= 4 is 28.8 Å². The van der Waals surface area contributed by atoms with E-state index in [9.17, 15) is 9.59 Å². The summed E-state index contributed by atoms with van der Waals surface area (Å²) in [4.78, 5) is 28.5. The Bertz CT molecular complexity index is 1290. The van der Waals surface area contributed by atoms with E-state index in [0.29, 0.717) is 17.8 Å². The molecule has 4 rings (SSSR count). The summed E-state index contributed by atoms with van der Waals surface area (Å²) in [6, 6.07) is 17.9. The molecule has 0 radical (unpaired) electrons. The third-order valence-corrected chi connectivity index (χ3v) is 6.48. The van der Waals surface area contributed by atoms with Crippen molar-refractivity contribution in [1.82, 2.24) is 14.7 Å². The minimum absolute atomic E-state index is 0.0562. The lowest BCUT2D eigenvalue weighted by Gasteiger charge is -2.18. The first-order valence-corrected chi connectivity index (χ1v) is 12.0. The SMILES string of the molecule is Cc1cc(C)c(NC(=O)CN(C)C(=O)c2cn(Cc3ccccc3)nc2-c2cccs2)c(C)c1. The molecule has 0 aliphatic rings. The van der Waals surface area contributed by atoms with Gasteiger partial charge in [-0.3, -0.25) is 14.3 Å². The van der Waals surface area contributed by atoms with Crippen LogP contribution in [0.15, 0.2) is 66.2 Å². The molecule has 0 bridgehead atoms. The normalized spacial score (nSPS) is 10.8. The molecule has 0 aliphatic heterocycles. The maximum Gasteiger partial charge on any atom is 0.257 e. The predicted octanol–water partition coefficient (Wildman–Crippen LogP) is 5.30. The van der Waals surface area contributed by atoms with E-state index in [0.717, 1.165) is 32.8 Å². The largest absolute Gasteiger partial charge is 0.332 e. The number of amides is 2. The van der Waals surface area contributed by atoms with Crippen LogP contribution in [0.1, 0.15) is 32.6 Å². The van der Waals surface area contributed by atoms with Gasteiger partial charge in [0.15, 0.2) is 0 Å². The van der Waals surface area contributed by atoms with Crippen LogP contribution < -0.4 is 5.32 Å². The van der Waals surface area contributed by atoms with Crippen LogP contribution in [0.5, 0.6) is 0 Å². The third kappa shape index (κ3) is 5.26. The number of carbonyl (C=O) groups is 2. The van der Waals surface area contributed by atoms with Crippen LogP contribution in [-0.2, 0) is 11.3 Å². The van der Waals surface area contributed by atoms with E-state index >= 15 is 0 Å². The van der Waals surface area contributed by atoms with Crippen LogP contribution in [0.2, 0.25) is 0 Å². The quantitative estimate of drug-likeness (QED) is 0.397. The van der Waals surface area contributed by atoms with Crippen molar-refractivity contribution < 1.29 is 9.59 Å². The summed E-state index contributed by atoms with van der Waals surface area (Å²) in [5.74, 6) is -0.476. The van der Waals surface area contributed by atoms with E-state index in [4.69, 9.17) is 5.10 Å². The number of aromatic nitrogens is 2. The smallest absolute Gasteiger partial charge is 0.257 e. The van der Waals surface area contributed by atoms with E-state index in [1.54, 1.807) is 17.9 Å². The predicted molar refractivity (Wildman–Crippen MR) is 137 cm³/mol. The van der Waals surface area contributed by atoms with Crippen molar-refractivity contribution in [1.29, 1.82) is 0 Å². The molecule has 2 aromatic heterocycles. The van der Waals surface area contributed by atoms with E-state index in [2.05, 4.69) is 5.32 Å². The number of likely N-dealkylation sites (N-methyl/N-ethyl adjacent to an activating group) is 1. The second-order valence-corrected chi connectivity index (χ2v) is 9.48. The van der Waals surface area contributed by atoms with Crippen molar-refractivity contribution in [2.75, 3.05) is 18.9 Å². The molecule has 174 valence electrons. The first kappa shape index (κ1) is 23.4. The van der Waals surface area contributed by atoms with E-state index in [-0.39, 0.29) is 18.4 Å². The Labute approximate surface area is 203 Å². The zero-order valence-electron chi connectivity index (χ0n) is 19.8. The lowest BCUT2D eigenvalue weighted by molar-refractivity contribution is -0.116. The van der Waals surface area contributed by atoms with Crippen molar-refractivity contribution in [3.05, 3.63) is 94.0 Å². The summed E-state index contributed by atoms with van der Waals surface area (Å²) >= 11 is 1.53. The van der Waals surface area contributed by atoms with Gasteiger partial charge in [0.1, 0.15) is 5.69 Å². The fourth-order valence-electron chi connectivity index (χ4n) is 4.07. The van der Waals surface area contributed by atoms with Crippen LogP contribution in [0, 0.1) is 20.8 Å². The topological polar surface area (TPSA) is 67.2 Å². The number of carbonyl (C=O) groups excluding carboxylic acids is 2. The minimum Gasteiger partial charge on any atom is -0.332 e. The van der Waals surface area contributed by atoms with Gasteiger partial charge < -0.3 is 10.2 Å². The maximum absolute atomic E-state index is 13.4. The van der Waals surface area contributed by atoms with Crippen molar-refractivity contribution in [2.24, 2.45) is 0 Å². The molecule has 7 heteroatoms. The Morgan fingerprint density at radius 1 is 1.03 bits per heavy atom. The highest BCUT2D eigenvalue weighted by Gasteiger charge is 2.23. The zero-order chi connectivity index (χ0) is 24.2. The second-order valence-electron chi connectivity index (χ2n) is 8.53. The fourth-order valence-corrected chi connectivity index (χ4v) is 4.80. The number of hydrogen-bond donors (Lipinski definition) is 1. The number of nitrogens with one attached hydrogen (secondary N) is 1. The molecular formula is C27H28N4O2S. The summed E-state index contributed by atoms with van der Waals surface area (Å²) in [6.07, 6.45) is 1.77. The molecular weight excluding hydrogens is 444 g/mol. The van der Waals surface area contributed by atoms with Gasteiger partial charge in [-0.1, -0.05) is 54.1 Å². The van der Waals surface area contributed by atoms with Crippen LogP contribution in [0.25, 0.3) is 10.6 Å². The summed E-state index contributed by atoms with van der Waals surface area (Å²) in [5.41, 5.74) is 6.16. The van der Waals surface area contributed by atoms with Crippen LogP contribution >= 0.6 is 11.3 Å². The minimum atomic E-state index is -0.241. The lowest BCUT2D eigenvalue weighted by atomic mass is 10.1. The van der Waals surface area contributed by atoms with Crippen molar-refractivity contribution in [2.45, 2.75) is 27.3 Å².